The van der Waals surface area contributed by atoms with E-state index >= 15 is 0 Å². The number of ether oxygens (including phenoxy) is 4. The maximum atomic E-state index is 5.31. The van der Waals surface area contributed by atoms with Crippen LogP contribution in [0.3, 0.4) is 0 Å². The Labute approximate surface area is 121 Å². The van der Waals surface area contributed by atoms with Crippen molar-refractivity contribution in [1.29, 1.82) is 0 Å². The number of rotatable bonds is 0. The van der Waals surface area contributed by atoms with Crippen molar-refractivity contribution in [2.24, 2.45) is 0 Å². The van der Waals surface area contributed by atoms with E-state index in [1.165, 1.54) is 0 Å². The van der Waals surface area contributed by atoms with E-state index in [1.807, 2.05) is 0 Å². The monoisotopic (exact) mass is 257 g/mol. The van der Waals surface area contributed by atoms with E-state index in [9.17, 15) is 0 Å². The fourth-order valence-corrected chi connectivity index (χ4v) is 1.13. The summed E-state index contributed by atoms with van der Waals surface area (Å²) in [5.74, 6) is 0. The van der Waals surface area contributed by atoms with Crippen molar-refractivity contribution in [3.8, 4) is 0 Å². The van der Waals surface area contributed by atoms with Gasteiger partial charge in [0.25, 0.3) is 0 Å². The van der Waals surface area contributed by atoms with Crippen molar-refractivity contribution in [1.82, 2.24) is 0 Å². The third kappa shape index (κ3) is 14.5. The first-order chi connectivity index (χ1) is 7.50. The van der Waals surface area contributed by atoms with Crippen molar-refractivity contribution in [3.63, 3.8) is 0 Å². The smallest absolute Gasteiger partial charge is 0.659 e. The van der Waals surface area contributed by atoms with E-state index in [4.69, 9.17) is 18.9 Å². The minimum Gasteiger partial charge on any atom is -0.659 e. The molecule has 6 heteroatoms. The van der Waals surface area contributed by atoms with Gasteiger partial charge in [-0.3, -0.25) is 0 Å². The quantitative estimate of drug-likeness (QED) is 0.469. The van der Waals surface area contributed by atoms with E-state index < -0.39 is 0 Å². The number of hydrogen-bond donors (Lipinski definition) is 0. The molecule has 0 aromatic heterocycles. The van der Waals surface area contributed by atoms with Crippen LogP contribution in [0.15, 0.2) is 0 Å². The average molecular weight is 258 g/mol. The van der Waals surface area contributed by atoms with Crippen LogP contribution >= 0.6 is 0 Å². The van der Waals surface area contributed by atoms with Gasteiger partial charge in [-0.1, -0.05) is 0 Å². The third-order valence-electron chi connectivity index (χ3n) is 1.90. The predicted octanol–water partition coefficient (Wildman–Crippen LogP) is 0.510. The topological polar surface area (TPSA) is 51.0 Å². The zero-order valence-electron chi connectivity index (χ0n) is 10.9. The van der Waals surface area contributed by atoms with Gasteiger partial charge < -0.3 is 31.7 Å². The second kappa shape index (κ2) is 16.6. The Balaban J connectivity index is 0. The average Bonchev–Trinajstić information content (AvgIpc) is 2.27. The molecule has 1 aliphatic rings. The predicted molar refractivity (Wildman–Crippen MR) is 68.5 cm³/mol. The molecule has 0 spiro atoms. The SMILES string of the molecule is C1COCCOCCOCCOCC[N-]1.[CH3-].[Mg+2]. The van der Waals surface area contributed by atoms with Gasteiger partial charge in [0.1, 0.15) is 0 Å². The molecule has 1 rings (SSSR count). The van der Waals surface area contributed by atoms with Crippen molar-refractivity contribution < 1.29 is 18.9 Å². The molecule has 1 fully saturated rings. The van der Waals surface area contributed by atoms with Crippen LogP contribution in [0.5, 0.6) is 0 Å². The van der Waals surface area contributed by atoms with Gasteiger partial charge >= 0.3 is 23.1 Å². The van der Waals surface area contributed by atoms with Crippen molar-refractivity contribution in [2.75, 3.05) is 65.9 Å². The summed E-state index contributed by atoms with van der Waals surface area (Å²) in [5, 5.41) is 4.25. The maximum absolute atomic E-state index is 5.31. The van der Waals surface area contributed by atoms with Crippen LogP contribution in [0.4, 0.5) is 0 Å². The van der Waals surface area contributed by atoms with Gasteiger partial charge in [-0.15, -0.1) is 13.1 Å². The molecule has 0 saturated carbocycles. The van der Waals surface area contributed by atoms with Gasteiger partial charge in [0.15, 0.2) is 0 Å². The first kappa shape index (κ1) is 19.9. The molecule has 0 aromatic rings. The Morgan fingerprint density at radius 2 is 0.824 bits per heavy atom. The van der Waals surface area contributed by atoms with Gasteiger partial charge in [-0.2, -0.15) is 0 Å². The maximum Gasteiger partial charge on any atom is 2.00 e. The molecule has 1 saturated heterocycles. The van der Waals surface area contributed by atoms with Crippen molar-refractivity contribution in [3.05, 3.63) is 12.7 Å². The summed E-state index contributed by atoms with van der Waals surface area (Å²) in [4.78, 5) is 0. The largest absolute Gasteiger partial charge is 2.00 e. The molecule has 5 nitrogen and oxygen atoms in total. The normalized spacial score (nSPS) is 21.2. The van der Waals surface area contributed by atoms with E-state index in [2.05, 4.69) is 5.32 Å². The van der Waals surface area contributed by atoms with Gasteiger partial charge in [0.05, 0.1) is 39.6 Å². The molecule has 0 N–H and O–H groups in total. The molecule has 0 atom stereocenters. The van der Waals surface area contributed by atoms with Crippen LogP contribution in [-0.2, 0) is 18.9 Å². The summed E-state index contributed by atoms with van der Waals surface area (Å²) in [6.07, 6.45) is 0. The molecule has 0 unspecified atom stereocenters. The van der Waals surface area contributed by atoms with E-state index in [0.717, 1.165) is 13.1 Å². The fraction of sp³-hybridized carbons (Fsp3) is 0.909. The summed E-state index contributed by atoms with van der Waals surface area (Å²) in [5.41, 5.74) is 0. The van der Waals surface area contributed by atoms with Crippen LogP contribution < -0.4 is 0 Å². The molecular formula is C11H23MgNO4. The molecule has 0 aliphatic carbocycles. The van der Waals surface area contributed by atoms with Crippen LogP contribution in [0, 0.1) is 7.43 Å². The second-order valence-corrected chi connectivity index (χ2v) is 3.12. The molecular weight excluding hydrogens is 234 g/mol. The first-order valence-corrected chi connectivity index (χ1v) is 5.44. The van der Waals surface area contributed by atoms with Crippen LogP contribution in [0.1, 0.15) is 0 Å². The summed E-state index contributed by atoms with van der Waals surface area (Å²) < 4.78 is 21.2. The van der Waals surface area contributed by atoms with Crippen LogP contribution in [0.25, 0.3) is 5.32 Å². The van der Waals surface area contributed by atoms with Crippen molar-refractivity contribution >= 4 is 23.1 Å². The van der Waals surface area contributed by atoms with Gasteiger partial charge in [0.2, 0.25) is 0 Å². The molecule has 0 amide bonds. The Bertz CT molecular complexity index is 82.0. The second-order valence-electron chi connectivity index (χ2n) is 3.12. The van der Waals surface area contributed by atoms with Crippen LogP contribution in [0.2, 0.25) is 0 Å². The van der Waals surface area contributed by atoms with E-state index in [1.54, 1.807) is 0 Å². The van der Waals surface area contributed by atoms with E-state index in [-0.39, 0.29) is 30.5 Å². The summed E-state index contributed by atoms with van der Waals surface area (Å²) >= 11 is 0. The van der Waals surface area contributed by atoms with Crippen molar-refractivity contribution in [2.45, 2.75) is 0 Å². The summed E-state index contributed by atoms with van der Waals surface area (Å²) in [6.45, 7) is 6.55. The molecule has 1 heterocycles. The van der Waals surface area contributed by atoms with Crippen LogP contribution in [-0.4, -0.2) is 89.0 Å². The third-order valence-corrected chi connectivity index (χ3v) is 1.90. The van der Waals surface area contributed by atoms with Gasteiger partial charge in [0, 0.05) is 13.2 Å². The molecule has 1 aliphatic heterocycles. The van der Waals surface area contributed by atoms with E-state index in [0.29, 0.717) is 52.9 Å². The standard InChI is InChI=1S/C10H20NO4.CH3.Mg/c1-3-12-5-7-14-9-10-15-8-6-13-4-2-11-1;;/h1-10H2;1H3;/q2*-1;+2. The number of nitrogens with zero attached hydrogens (tertiary/aromatic N) is 1. The molecule has 0 radical (unpaired) electrons. The fourth-order valence-electron chi connectivity index (χ4n) is 1.13. The Hall–Kier alpha value is 0.566. The Morgan fingerprint density at radius 3 is 1.18 bits per heavy atom. The summed E-state index contributed by atoms with van der Waals surface area (Å²) in [6, 6.07) is 0. The Morgan fingerprint density at radius 1 is 0.529 bits per heavy atom. The number of hydrogen-bond acceptors (Lipinski definition) is 4. The minimum absolute atomic E-state index is 0. The minimum atomic E-state index is 0. The molecule has 0 aromatic carbocycles. The van der Waals surface area contributed by atoms with Gasteiger partial charge in [-0.25, -0.2) is 0 Å². The Kier molecular flexibility index (Phi) is 19.4. The zero-order valence-corrected chi connectivity index (χ0v) is 12.3. The first-order valence-electron chi connectivity index (χ1n) is 5.44. The summed E-state index contributed by atoms with van der Waals surface area (Å²) in [7, 11) is 0. The molecule has 98 valence electrons. The molecule has 0 bridgehead atoms. The van der Waals surface area contributed by atoms with Gasteiger partial charge in [-0.05, 0) is 0 Å². The zero-order chi connectivity index (χ0) is 10.6. The molecule has 17 heavy (non-hydrogen) atoms.